The molecule has 0 bridgehead atoms. The molecule has 96 valence electrons. The second-order valence-electron chi connectivity index (χ2n) is 3.92. The van der Waals surface area contributed by atoms with E-state index in [1.807, 2.05) is 6.92 Å². The van der Waals surface area contributed by atoms with Gasteiger partial charge >= 0.3 is 5.97 Å². The van der Waals surface area contributed by atoms with Gasteiger partial charge in [0.05, 0.1) is 12.1 Å². The van der Waals surface area contributed by atoms with E-state index in [0.717, 1.165) is 6.42 Å². The van der Waals surface area contributed by atoms with Crippen LogP contribution in [0, 0.1) is 5.82 Å². The number of ether oxygens (including phenoxy) is 1. The first-order valence-corrected chi connectivity index (χ1v) is 6.00. The predicted octanol–water partition coefficient (Wildman–Crippen LogP) is 2.76. The molecule has 2 rings (SSSR count). The zero-order chi connectivity index (χ0) is 13.1. The maximum absolute atomic E-state index is 13.6. The Morgan fingerprint density at radius 3 is 2.89 bits per heavy atom. The van der Waals surface area contributed by atoms with E-state index in [0.29, 0.717) is 12.1 Å². The SMILES string of the molecule is CCCn1c(C(=O)OCC)nc2c(F)cccc21. The largest absolute Gasteiger partial charge is 0.460 e. The van der Waals surface area contributed by atoms with Crippen LogP contribution in [0.2, 0.25) is 0 Å². The summed E-state index contributed by atoms with van der Waals surface area (Å²) in [5, 5.41) is 0. The van der Waals surface area contributed by atoms with Crippen molar-refractivity contribution in [3.8, 4) is 0 Å². The summed E-state index contributed by atoms with van der Waals surface area (Å²) in [4.78, 5) is 15.9. The maximum atomic E-state index is 13.6. The van der Waals surface area contributed by atoms with Crippen LogP contribution in [-0.4, -0.2) is 22.1 Å². The van der Waals surface area contributed by atoms with Crippen molar-refractivity contribution in [1.29, 1.82) is 0 Å². The van der Waals surface area contributed by atoms with Gasteiger partial charge in [0.15, 0.2) is 5.82 Å². The minimum absolute atomic E-state index is 0.166. The smallest absolute Gasteiger partial charge is 0.374 e. The molecule has 0 unspecified atom stereocenters. The quantitative estimate of drug-likeness (QED) is 0.784. The fourth-order valence-electron chi connectivity index (χ4n) is 1.91. The summed E-state index contributed by atoms with van der Waals surface area (Å²) in [6.45, 7) is 4.59. The van der Waals surface area contributed by atoms with Crippen LogP contribution in [0.25, 0.3) is 11.0 Å². The lowest BCUT2D eigenvalue weighted by molar-refractivity contribution is 0.0507. The van der Waals surface area contributed by atoms with Crippen LogP contribution in [0.15, 0.2) is 18.2 Å². The Morgan fingerprint density at radius 2 is 2.22 bits per heavy atom. The van der Waals surface area contributed by atoms with Crippen LogP contribution in [-0.2, 0) is 11.3 Å². The third-order valence-electron chi connectivity index (χ3n) is 2.63. The summed E-state index contributed by atoms with van der Waals surface area (Å²) in [6.07, 6.45) is 0.828. The molecular formula is C13H15FN2O2. The number of aromatic nitrogens is 2. The Bertz CT molecular complexity index is 578. The van der Waals surface area contributed by atoms with Crippen molar-refractivity contribution < 1.29 is 13.9 Å². The number of para-hydroxylation sites is 1. The minimum Gasteiger partial charge on any atom is -0.460 e. The molecule has 0 fully saturated rings. The molecule has 0 atom stereocenters. The summed E-state index contributed by atoms with van der Waals surface area (Å²) in [5.41, 5.74) is 0.842. The van der Waals surface area contributed by atoms with Gasteiger partial charge in [-0.05, 0) is 25.5 Å². The van der Waals surface area contributed by atoms with Gasteiger partial charge in [-0.1, -0.05) is 13.0 Å². The van der Waals surface area contributed by atoms with Crippen molar-refractivity contribution in [2.24, 2.45) is 0 Å². The van der Waals surface area contributed by atoms with Gasteiger partial charge in [-0.15, -0.1) is 0 Å². The fourth-order valence-corrected chi connectivity index (χ4v) is 1.91. The Morgan fingerprint density at radius 1 is 1.44 bits per heavy atom. The summed E-state index contributed by atoms with van der Waals surface area (Å²) >= 11 is 0. The van der Waals surface area contributed by atoms with Crippen LogP contribution in [0.5, 0.6) is 0 Å². The standard InChI is InChI=1S/C13H15FN2O2/c1-3-8-16-10-7-5-6-9(14)11(10)15-12(16)13(17)18-4-2/h5-7H,3-4,8H2,1-2H3. The van der Waals surface area contributed by atoms with Crippen LogP contribution >= 0.6 is 0 Å². The molecule has 1 heterocycles. The lowest BCUT2D eigenvalue weighted by atomic mass is 10.3. The molecule has 0 aliphatic rings. The zero-order valence-corrected chi connectivity index (χ0v) is 10.4. The number of carbonyl (C=O) groups excluding carboxylic acids is 1. The molecule has 0 N–H and O–H groups in total. The molecule has 0 aliphatic carbocycles. The normalized spacial score (nSPS) is 10.8. The highest BCUT2D eigenvalue weighted by atomic mass is 19.1. The second-order valence-corrected chi connectivity index (χ2v) is 3.92. The van der Waals surface area contributed by atoms with E-state index in [9.17, 15) is 9.18 Å². The van der Waals surface area contributed by atoms with Crippen LogP contribution in [0.1, 0.15) is 30.9 Å². The van der Waals surface area contributed by atoms with Crippen LogP contribution in [0.4, 0.5) is 4.39 Å². The number of nitrogens with zero attached hydrogens (tertiary/aromatic N) is 2. The van der Waals surface area contributed by atoms with E-state index in [-0.39, 0.29) is 17.9 Å². The topological polar surface area (TPSA) is 44.1 Å². The molecular weight excluding hydrogens is 235 g/mol. The van der Waals surface area contributed by atoms with Gasteiger partial charge < -0.3 is 9.30 Å². The average molecular weight is 250 g/mol. The number of benzene rings is 1. The van der Waals surface area contributed by atoms with Crippen LogP contribution < -0.4 is 0 Å². The van der Waals surface area contributed by atoms with Crippen molar-refractivity contribution in [2.75, 3.05) is 6.61 Å². The zero-order valence-electron chi connectivity index (χ0n) is 10.4. The number of hydrogen-bond donors (Lipinski definition) is 0. The van der Waals surface area contributed by atoms with E-state index < -0.39 is 11.8 Å². The third kappa shape index (κ3) is 2.08. The summed E-state index contributed by atoms with van der Waals surface area (Å²) in [7, 11) is 0. The Hall–Kier alpha value is -1.91. The molecule has 1 aromatic carbocycles. The van der Waals surface area contributed by atoms with Gasteiger partial charge in [-0.25, -0.2) is 14.2 Å². The molecule has 0 saturated heterocycles. The summed E-state index contributed by atoms with van der Waals surface area (Å²) in [5.74, 6) is -0.770. The number of esters is 1. The summed E-state index contributed by atoms with van der Waals surface area (Å²) < 4.78 is 20.3. The molecule has 0 saturated carbocycles. The molecule has 18 heavy (non-hydrogen) atoms. The number of hydrogen-bond acceptors (Lipinski definition) is 3. The number of fused-ring (bicyclic) bond motifs is 1. The lowest BCUT2D eigenvalue weighted by Gasteiger charge is -2.06. The van der Waals surface area contributed by atoms with Crippen molar-refractivity contribution in [3.63, 3.8) is 0 Å². The van der Waals surface area contributed by atoms with E-state index in [1.54, 1.807) is 23.6 Å². The van der Waals surface area contributed by atoms with Crippen molar-refractivity contribution in [2.45, 2.75) is 26.8 Å². The van der Waals surface area contributed by atoms with Gasteiger partial charge in [0.2, 0.25) is 5.82 Å². The van der Waals surface area contributed by atoms with E-state index in [4.69, 9.17) is 4.74 Å². The molecule has 5 heteroatoms. The highest BCUT2D eigenvalue weighted by Gasteiger charge is 2.19. The molecule has 1 aromatic heterocycles. The molecule has 0 aliphatic heterocycles. The number of carbonyl (C=O) groups is 1. The summed E-state index contributed by atoms with van der Waals surface area (Å²) in [6, 6.07) is 4.70. The van der Waals surface area contributed by atoms with Gasteiger partial charge in [0.1, 0.15) is 5.52 Å². The first kappa shape index (κ1) is 12.5. The van der Waals surface area contributed by atoms with Crippen molar-refractivity contribution >= 4 is 17.0 Å². The van der Waals surface area contributed by atoms with Gasteiger partial charge in [-0.3, -0.25) is 0 Å². The van der Waals surface area contributed by atoms with Crippen LogP contribution in [0.3, 0.4) is 0 Å². The number of rotatable bonds is 4. The second kappa shape index (κ2) is 5.16. The molecule has 2 aromatic rings. The molecule has 0 spiro atoms. The first-order valence-electron chi connectivity index (χ1n) is 6.00. The number of aryl methyl sites for hydroxylation is 1. The first-order chi connectivity index (χ1) is 8.69. The fraction of sp³-hybridized carbons (Fsp3) is 0.385. The van der Waals surface area contributed by atoms with E-state index in [2.05, 4.69) is 4.98 Å². The third-order valence-corrected chi connectivity index (χ3v) is 2.63. The maximum Gasteiger partial charge on any atom is 0.374 e. The molecule has 0 amide bonds. The highest BCUT2D eigenvalue weighted by Crippen LogP contribution is 2.20. The Labute approximate surface area is 104 Å². The lowest BCUT2D eigenvalue weighted by Crippen LogP contribution is -2.13. The van der Waals surface area contributed by atoms with Gasteiger partial charge in [-0.2, -0.15) is 0 Å². The van der Waals surface area contributed by atoms with E-state index in [1.165, 1.54) is 6.07 Å². The molecule has 4 nitrogen and oxygen atoms in total. The minimum atomic E-state index is -0.512. The molecule has 0 radical (unpaired) electrons. The Balaban J connectivity index is 2.60. The van der Waals surface area contributed by atoms with Crippen molar-refractivity contribution in [3.05, 3.63) is 29.8 Å². The van der Waals surface area contributed by atoms with Gasteiger partial charge in [0.25, 0.3) is 0 Å². The Kier molecular flexibility index (Phi) is 3.60. The number of halogens is 1. The predicted molar refractivity (Wildman–Crippen MR) is 65.9 cm³/mol. The monoisotopic (exact) mass is 250 g/mol. The highest BCUT2D eigenvalue weighted by molar-refractivity contribution is 5.91. The number of imidazole rings is 1. The van der Waals surface area contributed by atoms with Crippen molar-refractivity contribution in [1.82, 2.24) is 9.55 Å². The van der Waals surface area contributed by atoms with Gasteiger partial charge in [0, 0.05) is 6.54 Å². The van der Waals surface area contributed by atoms with E-state index >= 15 is 0 Å². The average Bonchev–Trinajstić information content (AvgIpc) is 2.71.